The maximum absolute atomic E-state index is 13.4. The normalized spacial score (nSPS) is 21.7. The zero-order chi connectivity index (χ0) is 27.7. The highest BCUT2D eigenvalue weighted by molar-refractivity contribution is 7.18. The van der Waals surface area contributed by atoms with E-state index in [1.165, 1.54) is 30.4 Å². The van der Waals surface area contributed by atoms with Crippen LogP contribution in [0.15, 0.2) is 30.5 Å². The number of hydrogen-bond donors (Lipinski definition) is 3. The first-order chi connectivity index (χ1) is 18.6. The number of aliphatic hydroxyl groups is 1. The first kappa shape index (κ1) is 27.5. The number of carbonyl (C=O) groups excluding carboxylic acids is 2. The lowest BCUT2D eigenvalue weighted by atomic mass is 9.89. The third-order valence-electron chi connectivity index (χ3n) is 7.90. The van der Waals surface area contributed by atoms with E-state index in [2.05, 4.69) is 22.1 Å². The minimum absolute atomic E-state index is 0.227. The fourth-order valence-corrected chi connectivity index (χ4v) is 6.72. The minimum Gasteiger partial charge on any atom is -0.383 e. The summed E-state index contributed by atoms with van der Waals surface area (Å²) < 4.78 is 0.998. The highest BCUT2D eigenvalue weighted by atomic mass is 32.1. The Bertz CT molecular complexity index is 1370. The molecule has 2 aliphatic heterocycles. The number of nitrogens with two attached hydrogens (primary N) is 1. The molecule has 9 nitrogen and oxygen atoms in total. The number of likely N-dealkylation sites (tertiary alicyclic amines) is 2. The van der Waals surface area contributed by atoms with Crippen molar-refractivity contribution >= 4 is 44.9 Å². The number of β-amino-alcohol motifs (C(OH)–C–C–N with tert-alkyl or cyclic N) is 1. The molecule has 2 aliphatic rings. The Morgan fingerprint density at radius 3 is 2.74 bits per heavy atom. The van der Waals surface area contributed by atoms with Crippen molar-refractivity contribution in [2.75, 3.05) is 37.2 Å². The van der Waals surface area contributed by atoms with E-state index in [0.717, 1.165) is 47.3 Å². The standard InChI is InChI=1S/C29H38N6O3S/c1-4-19-13-21(15-31-25(19)30)32-26(36)27(37)35-16-18(2)7-9-23(35)20-8-10-24-22(14-20)33-28(39-24)29(3,38)17-34-11-5-6-12-34/h8,10,13-15,18,23,38H,4-7,9,11-12,16-17H2,1-3H3,(H2,30,31)(H,32,36)/t18-,23+,29+/m0/s1. The summed E-state index contributed by atoms with van der Waals surface area (Å²) in [6.45, 7) is 8.99. The van der Waals surface area contributed by atoms with E-state index in [1.54, 1.807) is 11.0 Å². The molecular formula is C29H38N6O3S. The van der Waals surface area contributed by atoms with E-state index in [4.69, 9.17) is 10.7 Å². The number of benzene rings is 1. The van der Waals surface area contributed by atoms with Crippen molar-refractivity contribution in [3.8, 4) is 0 Å². The van der Waals surface area contributed by atoms with Gasteiger partial charge in [0, 0.05) is 13.1 Å². The smallest absolute Gasteiger partial charge is 0.313 e. The van der Waals surface area contributed by atoms with E-state index in [-0.39, 0.29) is 12.0 Å². The molecule has 2 aromatic heterocycles. The van der Waals surface area contributed by atoms with Gasteiger partial charge in [-0.05, 0) is 87.4 Å². The SMILES string of the molecule is CCc1cc(NC(=O)C(=O)N2C[C@@H](C)CC[C@@H]2c2ccc3sc([C@](C)(O)CN4CCCC4)nc3c2)cnc1N. The van der Waals surface area contributed by atoms with E-state index >= 15 is 0 Å². The van der Waals surface area contributed by atoms with Gasteiger partial charge in [0.15, 0.2) is 0 Å². The molecule has 4 N–H and O–H groups in total. The van der Waals surface area contributed by atoms with Crippen molar-refractivity contribution in [2.45, 2.75) is 64.5 Å². The van der Waals surface area contributed by atoms with Crippen molar-refractivity contribution in [3.05, 3.63) is 46.6 Å². The van der Waals surface area contributed by atoms with E-state index < -0.39 is 17.4 Å². The van der Waals surface area contributed by atoms with Crippen molar-refractivity contribution in [2.24, 2.45) is 5.92 Å². The van der Waals surface area contributed by atoms with Gasteiger partial charge >= 0.3 is 11.8 Å². The molecule has 2 saturated heterocycles. The summed E-state index contributed by atoms with van der Waals surface area (Å²) in [6, 6.07) is 7.59. The molecule has 3 aromatic rings. The van der Waals surface area contributed by atoms with Crippen molar-refractivity contribution in [1.82, 2.24) is 19.8 Å². The van der Waals surface area contributed by atoms with Gasteiger partial charge in [0.2, 0.25) is 0 Å². The molecule has 2 fully saturated rings. The first-order valence-electron chi connectivity index (χ1n) is 13.9. The average Bonchev–Trinajstić information content (AvgIpc) is 3.58. The van der Waals surface area contributed by atoms with Crippen LogP contribution >= 0.6 is 11.3 Å². The number of anilines is 2. The zero-order valence-corrected chi connectivity index (χ0v) is 23.8. The van der Waals surface area contributed by atoms with Crippen molar-refractivity contribution < 1.29 is 14.7 Å². The third-order valence-corrected chi connectivity index (χ3v) is 9.19. The maximum atomic E-state index is 13.4. The molecule has 0 aliphatic carbocycles. The Morgan fingerprint density at radius 2 is 2.00 bits per heavy atom. The Morgan fingerprint density at radius 1 is 1.23 bits per heavy atom. The number of nitrogen functional groups attached to an aromatic ring is 1. The van der Waals surface area contributed by atoms with Crippen LogP contribution in [0.3, 0.4) is 0 Å². The van der Waals surface area contributed by atoms with Crippen molar-refractivity contribution in [3.63, 3.8) is 0 Å². The second kappa shape index (κ2) is 11.2. The van der Waals surface area contributed by atoms with E-state index in [9.17, 15) is 14.7 Å². The molecule has 1 aromatic carbocycles. The van der Waals surface area contributed by atoms with Gasteiger partial charge in [-0.15, -0.1) is 11.3 Å². The van der Waals surface area contributed by atoms with Crippen molar-refractivity contribution in [1.29, 1.82) is 0 Å². The topological polar surface area (TPSA) is 125 Å². The fraction of sp³-hybridized carbons (Fsp3) is 0.517. The van der Waals surface area contributed by atoms with Gasteiger partial charge in [0.1, 0.15) is 16.4 Å². The van der Waals surface area contributed by atoms with Crippen LogP contribution in [0.4, 0.5) is 11.5 Å². The Balaban J connectivity index is 1.36. The number of fused-ring (bicyclic) bond motifs is 1. The number of carbonyl (C=O) groups is 2. The largest absolute Gasteiger partial charge is 0.383 e. The number of aryl methyl sites for hydroxylation is 1. The molecule has 208 valence electrons. The Hall–Kier alpha value is -3.08. The molecule has 2 amide bonds. The third kappa shape index (κ3) is 5.92. The van der Waals surface area contributed by atoms with Gasteiger partial charge in [-0.1, -0.05) is 19.9 Å². The zero-order valence-electron chi connectivity index (χ0n) is 22.9. The summed E-state index contributed by atoms with van der Waals surface area (Å²) >= 11 is 1.51. The summed E-state index contributed by atoms with van der Waals surface area (Å²) in [6.07, 6.45) is 6.22. The van der Waals surface area contributed by atoms with Crippen LogP contribution in [-0.2, 0) is 21.6 Å². The van der Waals surface area contributed by atoms with Crippen LogP contribution in [-0.4, -0.2) is 62.9 Å². The molecule has 0 unspecified atom stereocenters. The summed E-state index contributed by atoms with van der Waals surface area (Å²) in [5.41, 5.74) is 7.90. The van der Waals surface area contributed by atoms with Crippen LogP contribution in [0.25, 0.3) is 10.2 Å². The Kier molecular flexibility index (Phi) is 7.89. The number of nitrogens with one attached hydrogen (secondary N) is 1. The lowest BCUT2D eigenvalue weighted by Gasteiger charge is -2.38. The quantitative estimate of drug-likeness (QED) is 0.395. The molecule has 3 atom stereocenters. The molecule has 4 heterocycles. The monoisotopic (exact) mass is 550 g/mol. The number of aromatic nitrogens is 2. The predicted molar refractivity (Wildman–Crippen MR) is 154 cm³/mol. The van der Waals surface area contributed by atoms with Crippen LogP contribution in [0.5, 0.6) is 0 Å². The van der Waals surface area contributed by atoms with Gasteiger partial charge in [0.25, 0.3) is 0 Å². The average molecular weight is 551 g/mol. The maximum Gasteiger partial charge on any atom is 0.313 e. The van der Waals surface area contributed by atoms with Gasteiger partial charge < -0.3 is 26.0 Å². The summed E-state index contributed by atoms with van der Waals surface area (Å²) in [7, 11) is 0. The van der Waals surface area contributed by atoms with Gasteiger partial charge in [-0.25, -0.2) is 9.97 Å². The predicted octanol–water partition coefficient (Wildman–Crippen LogP) is 4.08. The second-order valence-electron chi connectivity index (χ2n) is 11.2. The Labute approximate surface area is 233 Å². The number of nitrogens with zero attached hydrogens (tertiary/aromatic N) is 4. The first-order valence-corrected chi connectivity index (χ1v) is 14.7. The molecule has 39 heavy (non-hydrogen) atoms. The molecule has 0 saturated carbocycles. The van der Waals surface area contributed by atoms with Gasteiger partial charge in [0.05, 0.1) is 28.1 Å². The molecular weight excluding hydrogens is 512 g/mol. The number of rotatable bonds is 6. The lowest BCUT2D eigenvalue weighted by Crippen LogP contribution is -2.46. The molecule has 0 bridgehead atoms. The summed E-state index contributed by atoms with van der Waals surface area (Å²) in [4.78, 5) is 39.4. The van der Waals surface area contributed by atoms with Crippen LogP contribution < -0.4 is 11.1 Å². The summed E-state index contributed by atoms with van der Waals surface area (Å²) in [5, 5.41) is 14.7. The van der Waals surface area contributed by atoms with Gasteiger partial charge in [-0.3, -0.25) is 9.59 Å². The number of hydrogen-bond acceptors (Lipinski definition) is 8. The van der Waals surface area contributed by atoms with Crippen LogP contribution in [0.2, 0.25) is 0 Å². The fourth-order valence-electron chi connectivity index (χ4n) is 5.74. The molecule has 5 rings (SSSR count). The van der Waals surface area contributed by atoms with E-state index in [1.807, 2.05) is 32.0 Å². The second-order valence-corrected chi connectivity index (χ2v) is 12.3. The van der Waals surface area contributed by atoms with Crippen LogP contribution in [0.1, 0.15) is 68.6 Å². The number of piperidine rings is 1. The van der Waals surface area contributed by atoms with Crippen LogP contribution in [0, 0.1) is 5.92 Å². The van der Waals surface area contributed by atoms with E-state index in [0.29, 0.717) is 36.0 Å². The number of amides is 2. The molecule has 0 spiro atoms. The minimum atomic E-state index is -1.02. The van der Waals surface area contributed by atoms with Gasteiger partial charge in [-0.2, -0.15) is 0 Å². The summed E-state index contributed by atoms with van der Waals surface area (Å²) in [5.74, 6) is -0.533. The number of thiazole rings is 1. The molecule has 10 heteroatoms. The highest BCUT2D eigenvalue weighted by Gasteiger charge is 2.35. The highest BCUT2D eigenvalue weighted by Crippen LogP contribution is 2.37. The number of pyridine rings is 1. The molecule has 0 radical (unpaired) electrons. The lowest BCUT2D eigenvalue weighted by molar-refractivity contribution is -0.146.